The summed E-state index contributed by atoms with van der Waals surface area (Å²) in [5.41, 5.74) is 5.00. The van der Waals surface area contributed by atoms with Crippen LogP contribution in [0.15, 0.2) is 106 Å². The van der Waals surface area contributed by atoms with Crippen molar-refractivity contribution in [3.05, 3.63) is 153 Å². The Morgan fingerprint density at radius 2 is 1.76 bits per heavy atom. The number of thiazole rings is 1. The van der Waals surface area contributed by atoms with Crippen LogP contribution in [0.25, 0.3) is 11.8 Å². The number of benzene rings is 4. The number of aromatic nitrogens is 1. The first-order valence-electron chi connectivity index (χ1n) is 15.8. The lowest BCUT2D eigenvalue weighted by Crippen LogP contribution is -2.40. The Labute approximate surface area is 307 Å². The number of hydrogen-bond acceptors (Lipinski definition) is 7. The highest BCUT2D eigenvalue weighted by molar-refractivity contribution is 14.1. The maximum atomic E-state index is 14.4. The number of esters is 1. The van der Waals surface area contributed by atoms with Gasteiger partial charge in [-0.1, -0.05) is 104 Å². The summed E-state index contributed by atoms with van der Waals surface area (Å²) in [7, 11) is 1.59. The van der Waals surface area contributed by atoms with Gasteiger partial charge < -0.3 is 14.2 Å². The summed E-state index contributed by atoms with van der Waals surface area (Å²) in [4.78, 5) is 33.6. The van der Waals surface area contributed by atoms with Gasteiger partial charge in [-0.3, -0.25) is 9.36 Å². The normalized spacial score (nSPS) is 14.4. The van der Waals surface area contributed by atoms with E-state index in [2.05, 4.69) is 36.4 Å². The van der Waals surface area contributed by atoms with Gasteiger partial charge in [0.05, 0.1) is 39.1 Å². The van der Waals surface area contributed by atoms with E-state index in [1.165, 1.54) is 11.3 Å². The largest absolute Gasteiger partial charge is 0.493 e. The first-order chi connectivity index (χ1) is 23.7. The van der Waals surface area contributed by atoms with Crippen molar-refractivity contribution in [2.75, 3.05) is 13.7 Å². The standard InChI is InChI=1S/C39H34ClIN2O5S/c1-5-47-38(45)33-34(27-9-7-6-8-10-27)42-39-43(35(33)28-15-13-26(14-16-28)23(2)3)37(44)32(49-39)21-25-19-30(41)36(31(20-25)46-4)48-22-24-11-17-29(40)18-12-24/h6-21,23,35H,5,22H2,1-4H3/b32-21-/t35-/m1/s1. The van der Waals surface area contributed by atoms with Crippen molar-refractivity contribution in [1.29, 1.82) is 0 Å². The Kier molecular flexibility index (Phi) is 10.7. The predicted octanol–water partition coefficient (Wildman–Crippen LogP) is 7.90. The third-order valence-electron chi connectivity index (χ3n) is 8.14. The fraction of sp³-hybridized carbons (Fsp3) is 0.205. The van der Waals surface area contributed by atoms with E-state index < -0.39 is 12.0 Å². The van der Waals surface area contributed by atoms with E-state index in [4.69, 9.17) is 30.8 Å². The van der Waals surface area contributed by atoms with Gasteiger partial charge in [-0.15, -0.1) is 0 Å². The summed E-state index contributed by atoms with van der Waals surface area (Å²) in [6.45, 7) is 6.56. The maximum Gasteiger partial charge on any atom is 0.338 e. The van der Waals surface area contributed by atoms with Crippen LogP contribution in [-0.4, -0.2) is 24.3 Å². The van der Waals surface area contributed by atoms with Gasteiger partial charge in [-0.05, 0) is 88.0 Å². The molecule has 1 aromatic heterocycles. The molecule has 4 aromatic carbocycles. The van der Waals surface area contributed by atoms with Gasteiger partial charge in [-0.25, -0.2) is 9.79 Å². The minimum Gasteiger partial charge on any atom is -0.493 e. The Balaban J connectivity index is 1.49. The molecule has 1 aliphatic heterocycles. The highest BCUT2D eigenvalue weighted by atomic mass is 127. The molecule has 5 aromatic rings. The van der Waals surface area contributed by atoms with E-state index in [0.717, 1.165) is 31.4 Å². The van der Waals surface area contributed by atoms with E-state index >= 15 is 0 Å². The highest BCUT2D eigenvalue weighted by Crippen LogP contribution is 2.37. The van der Waals surface area contributed by atoms with E-state index in [0.29, 0.717) is 49.7 Å². The topological polar surface area (TPSA) is 79.1 Å². The van der Waals surface area contributed by atoms with Gasteiger partial charge in [0, 0.05) is 10.6 Å². The van der Waals surface area contributed by atoms with E-state index in [9.17, 15) is 9.59 Å². The molecule has 0 radical (unpaired) electrons. The van der Waals surface area contributed by atoms with Crippen molar-refractivity contribution in [3.63, 3.8) is 0 Å². The van der Waals surface area contributed by atoms with E-state index in [1.54, 1.807) is 18.6 Å². The number of hydrogen-bond donors (Lipinski definition) is 0. The summed E-state index contributed by atoms with van der Waals surface area (Å²) in [5.74, 6) is 0.961. The molecule has 250 valence electrons. The van der Waals surface area contributed by atoms with Gasteiger partial charge in [0.15, 0.2) is 16.3 Å². The van der Waals surface area contributed by atoms with Gasteiger partial charge in [0.1, 0.15) is 6.61 Å². The zero-order valence-corrected chi connectivity index (χ0v) is 31.1. The molecule has 0 saturated carbocycles. The number of fused-ring (bicyclic) bond motifs is 1. The quantitative estimate of drug-likeness (QED) is 0.106. The van der Waals surface area contributed by atoms with Crippen LogP contribution in [0.2, 0.25) is 5.02 Å². The number of carbonyl (C=O) groups excluding carboxylic acids is 1. The van der Waals surface area contributed by atoms with Crippen LogP contribution >= 0.6 is 45.5 Å². The first kappa shape index (κ1) is 34.7. The molecule has 0 unspecified atom stereocenters. The number of ether oxygens (including phenoxy) is 3. The van der Waals surface area contributed by atoms with E-state index in [-0.39, 0.29) is 12.2 Å². The molecule has 0 spiro atoms. The Morgan fingerprint density at radius 1 is 1.04 bits per heavy atom. The van der Waals surface area contributed by atoms with Crippen molar-refractivity contribution in [1.82, 2.24) is 4.57 Å². The summed E-state index contributed by atoms with van der Waals surface area (Å²) >= 11 is 9.53. The molecular weight excluding hydrogens is 771 g/mol. The molecule has 0 saturated heterocycles. The number of methoxy groups -OCH3 is 1. The number of halogens is 2. The molecule has 0 N–H and O–H groups in total. The summed E-state index contributed by atoms with van der Waals surface area (Å²) in [5, 5.41) is 0.661. The second-order valence-electron chi connectivity index (χ2n) is 11.7. The van der Waals surface area contributed by atoms with Crippen molar-refractivity contribution in [3.8, 4) is 11.5 Å². The second-order valence-corrected chi connectivity index (χ2v) is 14.3. The molecule has 2 heterocycles. The minimum atomic E-state index is -0.743. The molecule has 0 bridgehead atoms. The van der Waals surface area contributed by atoms with Crippen LogP contribution in [0.4, 0.5) is 0 Å². The predicted molar refractivity (Wildman–Crippen MR) is 203 cm³/mol. The fourth-order valence-electron chi connectivity index (χ4n) is 5.67. The first-order valence-corrected chi connectivity index (χ1v) is 18.1. The molecule has 0 fully saturated rings. The molecule has 1 atom stereocenters. The average molecular weight is 805 g/mol. The minimum absolute atomic E-state index is 0.188. The average Bonchev–Trinajstić information content (AvgIpc) is 3.41. The molecule has 7 nitrogen and oxygen atoms in total. The number of rotatable bonds is 10. The summed E-state index contributed by atoms with van der Waals surface area (Å²) in [6, 6.07) is 28.1. The van der Waals surface area contributed by atoms with Crippen molar-refractivity contribution < 1.29 is 19.0 Å². The third kappa shape index (κ3) is 7.39. The van der Waals surface area contributed by atoms with Gasteiger partial charge in [0.2, 0.25) is 0 Å². The second kappa shape index (κ2) is 15.1. The molecule has 6 rings (SSSR count). The third-order valence-corrected chi connectivity index (χ3v) is 10.2. The Bertz CT molecular complexity index is 2210. The smallest absolute Gasteiger partial charge is 0.338 e. The van der Waals surface area contributed by atoms with Gasteiger partial charge >= 0.3 is 5.97 Å². The fourth-order valence-corrected chi connectivity index (χ4v) is 7.58. The van der Waals surface area contributed by atoms with Crippen LogP contribution in [-0.2, 0) is 16.1 Å². The van der Waals surface area contributed by atoms with Crippen LogP contribution < -0.4 is 24.4 Å². The molecular formula is C39H34ClIN2O5S. The van der Waals surface area contributed by atoms with Crippen LogP contribution in [0, 0.1) is 3.57 Å². The SMILES string of the molecule is CCOC(=O)C1=C(c2ccccc2)N=c2s/c(=C\c3cc(I)c(OCc4ccc(Cl)cc4)c(OC)c3)c(=O)n2[C@@H]1c1ccc(C(C)C)cc1. The molecule has 0 amide bonds. The van der Waals surface area contributed by atoms with Crippen LogP contribution in [0.1, 0.15) is 60.5 Å². The van der Waals surface area contributed by atoms with Crippen molar-refractivity contribution in [2.45, 2.75) is 39.3 Å². The molecule has 49 heavy (non-hydrogen) atoms. The van der Waals surface area contributed by atoms with Crippen molar-refractivity contribution in [2.24, 2.45) is 4.99 Å². The van der Waals surface area contributed by atoms with Gasteiger partial charge in [0.25, 0.3) is 5.56 Å². The monoisotopic (exact) mass is 804 g/mol. The Morgan fingerprint density at radius 3 is 2.41 bits per heavy atom. The van der Waals surface area contributed by atoms with E-state index in [1.807, 2.05) is 97.1 Å². The zero-order valence-electron chi connectivity index (χ0n) is 27.4. The highest BCUT2D eigenvalue weighted by Gasteiger charge is 2.35. The van der Waals surface area contributed by atoms with Gasteiger partial charge in [-0.2, -0.15) is 0 Å². The molecule has 0 aliphatic carbocycles. The number of nitrogens with zero attached hydrogens (tertiary/aromatic N) is 2. The number of carbonyl (C=O) groups is 1. The molecule has 10 heteroatoms. The van der Waals surface area contributed by atoms with Crippen molar-refractivity contribution >= 4 is 63.3 Å². The zero-order chi connectivity index (χ0) is 34.7. The maximum absolute atomic E-state index is 14.4. The van der Waals surface area contributed by atoms with Crippen LogP contribution in [0.5, 0.6) is 11.5 Å². The Hall–Kier alpha value is -4.19. The lowest BCUT2D eigenvalue weighted by Gasteiger charge is -2.26. The lowest BCUT2D eigenvalue weighted by atomic mass is 9.91. The summed E-state index contributed by atoms with van der Waals surface area (Å²) < 4.78 is 20.4. The molecule has 1 aliphatic rings. The van der Waals surface area contributed by atoms with Crippen LogP contribution in [0.3, 0.4) is 0 Å². The summed E-state index contributed by atoms with van der Waals surface area (Å²) in [6.07, 6.45) is 1.83. The lowest BCUT2D eigenvalue weighted by molar-refractivity contribution is -0.138.